The Labute approximate surface area is 181 Å². The zero-order valence-electron chi connectivity index (χ0n) is 18.9. The minimum absolute atomic E-state index is 0.129. The highest BCUT2D eigenvalue weighted by Crippen LogP contribution is 2.38. The number of hydrogen-bond donors (Lipinski definition) is 1. The molecule has 0 unspecified atom stereocenters. The molecule has 4 nitrogen and oxygen atoms in total. The lowest BCUT2D eigenvalue weighted by atomic mass is 9.74. The van der Waals surface area contributed by atoms with Gasteiger partial charge in [0, 0.05) is 5.41 Å². The summed E-state index contributed by atoms with van der Waals surface area (Å²) < 4.78 is 11.2. The Morgan fingerprint density at radius 2 is 1.63 bits per heavy atom. The molecule has 0 atom stereocenters. The summed E-state index contributed by atoms with van der Waals surface area (Å²) in [6.07, 6.45) is 8.56. The van der Waals surface area contributed by atoms with E-state index in [1.165, 1.54) is 32.1 Å². The van der Waals surface area contributed by atoms with Crippen LogP contribution in [0.15, 0.2) is 36.4 Å². The summed E-state index contributed by atoms with van der Waals surface area (Å²) in [5, 5.41) is 9.93. The van der Waals surface area contributed by atoms with Crippen LogP contribution in [0, 0.1) is 0 Å². The monoisotopic (exact) mass is 413 g/mol. The van der Waals surface area contributed by atoms with Gasteiger partial charge in [-0.2, -0.15) is 0 Å². The number of aliphatic hydroxyl groups is 1. The minimum Gasteiger partial charge on any atom is -0.497 e. The van der Waals surface area contributed by atoms with Gasteiger partial charge in [0.2, 0.25) is 0 Å². The van der Waals surface area contributed by atoms with Gasteiger partial charge >= 0.3 is 6.29 Å². The fourth-order valence-corrected chi connectivity index (χ4v) is 3.99. The molecular weight excluding hydrogens is 376 g/mol. The third-order valence-corrected chi connectivity index (χ3v) is 5.74. The van der Waals surface area contributed by atoms with Crippen LogP contribution in [0.2, 0.25) is 0 Å². The van der Waals surface area contributed by atoms with E-state index in [-0.39, 0.29) is 6.61 Å². The van der Waals surface area contributed by atoms with Crippen LogP contribution in [-0.2, 0) is 12.0 Å². The van der Waals surface area contributed by atoms with Crippen molar-refractivity contribution in [1.29, 1.82) is 0 Å². The number of rotatable bonds is 13. The first-order valence-corrected chi connectivity index (χ1v) is 11.0. The highest BCUT2D eigenvalue weighted by Gasteiger charge is 2.30. The molecule has 0 aliphatic carbocycles. The van der Waals surface area contributed by atoms with E-state index in [1.807, 2.05) is 18.2 Å². The lowest BCUT2D eigenvalue weighted by molar-refractivity contribution is 0.278. The Morgan fingerprint density at radius 3 is 2.23 bits per heavy atom. The van der Waals surface area contributed by atoms with Crippen LogP contribution in [0.1, 0.15) is 81.5 Å². The second-order valence-corrected chi connectivity index (χ2v) is 8.30. The predicted octanol–water partition coefficient (Wildman–Crippen LogP) is 5.78. The average Bonchev–Trinajstić information content (AvgIpc) is 2.77. The van der Waals surface area contributed by atoms with Gasteiger partial charge in [0.05, 0.1) is 25.9 Å². The molecule has 0 amide bonds. The summed E-state index contributed by atoms with van der Waals surface area (Å²) in [6, 6.07) is 11.7. The van der Waals surface area contributed by atoms with Crippen molar-refractivity contribution >= 4 is 6.29 Å². The van der Waals surface area contributed by atoms with Crippen LogP contribution in [0.3, 0.4) is 0 Å². The number of ether oxygens (including phenoxy) is 2. The standard InChI is InChI=1S/C26H36O4/c1-5-6-7-8-9-10-15-30-23-13-11-22(12-14-23)26(2,3)25-20(18-27)16-24(29-4)17-21(25)19-28/h11-14,16-18,28H,5-10,15,19H2,1-4H3/p+1. The Balaban J connectivity index is 2.11. The number of hydrogen-bond acceptors (Lipinski definition) is 3. The zero-order valence-corrected chi connectivity index (χ0v) is 18.9. The maximum Gasteiger partial charge on any atom is 0.312 e. The minimum atomic E-state index is -0.420. The fourth-order valence-electron chi connectivity index (χ4n) is 3.99. The van der Waals surface area contributed by atoms with E-state index in [0.717, 1.165) is 41.8 Å². The first-order valence-electron chi connectivity index (χ1n) is 11.0. The van der Waals surface area contributed by atoms with Crippen molar-refractivity contribution in [1.82, 2.24) is 0 Å². The van der Waals surface area contributed by atoms with Crippen molar-refractivity contribution in [2.75, 3.05) is 13.7 Å². The van der Waals surface area contributed by atoms with Crippen molar-refractivity contribution in [2.24, 2.45) is 0 Å². The van der Waals surface area contributed by atoms with Gasteiger partial charge in [-0.15, -0.1) is 0 Å². The van der Waals surface area contributed by atoms with E-state index in [4.69, 9.17) is 9.47 Å². The van der Waals surface area contributed by atoms with Gasteiger partial charge in [-0.1, -0.05) is 65.0 Å². The Kier molecular flexibility index (Phi) is 9.38. The third kappa shape index (κ3) is 6.09. The predicted molar refractivity (Wildman–Crippen MR) is 123 cm³/mol. The van der Waals surface area contributed by atoms with Gasteiger partial charge in [-0.25, -0.2) is 0 Å². The van der Waals surface area contributed by atoms with Gasteiger partial charge < -0.3 is 14.6 Å². The Hall–Kier alpha value is -2.33. The normalized spacial score (nSPS) is 11.4. The summed E-state index contributed by atoms with van der Waals surface area (Å²) in [4.78, 5) is 9.82. The molecule has 0 spiro atoms. The van der Waals surface area contributed by atoms with Crippen molar-refractivity contribution in [3.05, 3.63) is 58.7 Å². The van der Waals surface area contributed by atoms with Gasteiger partial charge in [-0.05, 0) is 47.4 Å². The molecule has 164 valence electrons. The summed E-state index contributed by atoms with van der Waals surface area (Å²) in [5.41, 5.74) is 2.93. The van der Waals surface area contributed by atoms with Crippen LogP contribution >= 0.6 is 0 Å². The Morgan fingerprint density at radius 1 is 0.967 bits per heavy atom. The van der Waals surface area contributed by atoms with E-state index < -0.39 is 5.41 Å². The number of carbonyl (C=O) groups excluding carboxylic acids is 1. The fraction of sp³-hybridized carbons (Fsp3) is 0.500. The topological polar surface area (TPSA) is 60.1 Å². The van der Waals surface area contributed by atoms with Crippen molar-refractivity contribution < 1.29 is 19.4 Å². The first kappa shape index (κ1) is 23.9. The van der Waals surface area contributed by atoms with Crippen molar-refractivity contribution in [3.63, 3.8) is 0 Å². The maximum atomic E-state index is 9.93. The summed E-state index contributed by atoms with van der Waals surface area (Å²) in [6.45, 7) is 7.03. The molecule has 0 bridgehead atoms. The molecule has 0 saturated carbocycles. The first-order chi connectivity index (χ1) is 14.5. The summed E-state index contributed by atoms with van der Waals surface area (Å²) in [5.74, 6) is 1.48. The van der Waals surface area contributed by atoms with Crippen LogP contribution < -0.4 is 9.47 Å². The maximum absolute atomic E-state index is 9.93. The second-order valence-electron chi connectivity index (χ2n) is 8.30. The van der Waals surface area contributed by atoms with E-state index in [0.29, 0.717) is 11.3 Å². The summed E-state index contributed by atoms with van der Waals surface area (Å²) in [7, 11) is 1.58. The SMILES string of the molecule is CCCCCCCCOc1ccc(C(C)(C)c2c(C=[OH+])cc(OC)cc2CO)cc1. The highest BCUT2D eigenvalue weighted by atomic mass is 16.5. The molecule has 2 rings (SSSR count). The smallest absolute Gasteiger partial charge is 0.312 e. The molecule has 4 heteroatoms. The number of benzene rings is 2. The lowest BCUT2D eigenvalue weighted by Gasteiger charge is -2.29. The van der Waals surface area contributed by atoms with Gasteiger partial charge in [-0.3, -0.25) is 4.79 Å². The molecule has 2 N–H and O–H groups in total. The van der Waals surface area contributed by atoms with E-state index >= 15 is 0 Å². The highest BCUT2D eigenvalue weighted by molar-refractivity contribution is 5.81. The molecule has 0 fully saturated rings. The quantitative estimate of drug-likeness (QED) is 0.257. The zero-order chi connectivity index (χ0) is 22.0. The van der Waals surface area contributed by atoms with E-state index in [2.05, 4.69) is 32.9 Å². The molecule has 2 aromatic rings. The largest absolute Gasteiger partial charge is 0.497 e. The van der Waals surface area contributed by atoms with Crippen LogP contribution in [0.25, 0.3) is 0 Å². The summed E-state index contributed by atoms with van der Waals surface area (Å²) >= 11 is 0. The second kappa shape index (κ2) is 11.8. The third-order valence-electron chi connectivity index (χ3n) is 5.74. The molecule has 0 aliphatic rings. The molecule has 0 aliphatic heterocycles. The van der Waals surface area contributed by atoms with Crippen molar-refractivity contribution in [2.45, 2.75) is 71.3 Å². The van der Waals surface area contributed by atoms with Gasteiger partial charge in [0.15, 0.2) is 0 Å². The van der Waals surface area contributed by atoms with Crippen molar-refractivity contribution in [3.8, 4) is 11.5 Å². The molecular formula is C26H37O4+. The Bertz CT molecular complexity index is 793. The van der Waals surface area contributed by atoms with Crippen LogP contribution in [-0.4, -0.2) is 29.9 Å². The number of aldehydes is 1. The molecule has 30 heavy (non-hydrogen) atoms. The molecule has 0 heterocycles. The number of methoxy groups -OCH3 is 1. The van der Waals surface area contributed by atoms with E-state index in [9.17, 15) is 9.90 Å². The molecule has 0 saturated heterocycles. The van der Waals surface area contributed by atoms with Gasteiger partial charge in [0.1, 0.15) is 11.5 Å². The number of unbranched alkanes of at least 4 members (excludes halogenated alkanes) is 5. The lowest BCUT2D eigenvalue weighted by Crippen LogP contribution is -2.23. The average molecular weight is 414 g/mol. The van der Waals surface area contributed by atoms with E-state index in [1.54, 1.807) is 13.2 Å². The number of aliphatic hydroxyl groups excluding tert-OH is 1. The van der Waals surface area contributed by atoms with Crippen LogP contribution in [0.5, 0.6) is 11.5 Å². The molecule has 2 aromatic carbocycles. The van der Waals surface area contributed by atoms with Gasteiger partial charge in [0.25, 0.3) is 0 Å². The van der Waals surface area contributed by atoms with Crippen LogP contribution in [0.4, 0.5) is 0 Å². The molecule has 0 aromatic heterocycles. The molecule has 0 radical (unpaired) electrons.